The summed E-state index contributed by atoms with van der Waals surface area (Å²) < 4.78 is 2.38. The molecule has 0 atom stereocenters. The van der Waals surface area contributed by atoms with Crippen molar-refractivity contribution in [2.45, 2.75) is 0 Å². The van der Waals surface area contributed by atoms with E-state index in [0.717, 1.165) is 10.5 Å². The minimum Gasteiger partial charge on any atom is -0.320 e. The molecule has 1 heterocycles. The number of amides is 1. The minimum absolute atomic E-state index is 0.00216. The van der Waals surface area contributed by atoms with E-state index in [9.17, 15) is 14.9 Å². The average Bonchev–Trinajstić information content (AvgIpc) is 3.09. The summed E-state index contributed by atoms with van der Waals surface area (Å²) in [4.78, 5) is 22.7. The second-order valence-electron chi connectivity index (χ2n) is 4.99. The quantitative estimate of drug-likeness (QED) is 0.498. The average molecular weight is 422 g/mol. The Morgan fingerprint density at radius 3 is 2.72 bits per heavy atom. The van der Waals surface area contributed by atoms with Gasteiger partial charge in [-0.3, -0.25) is 14.9 Å². The van der Waals surface area contributed by atoms with Crippen LogP contribution in [0.15, 0.2) is 59.3 Å². The van der Waals surface area contributed by atoms with E-state index in [4.69, 9.17) is 11.6 Å². The van der Waals surface area contributed by atoms with Crippen LogP contribution in [0.25, 0.3) is 5.69 Å². The topological polar surface area (TPSA) is 90.1 Å². The Morgan fingerprint density at radius 2 is 2.08 bits per heavy atom. The molecule has 0 unspecified atom stereocenters. The zero-order valence-corrected chi connectivity index (χ0v) is 14.9. The van der Waals surface area contributed by atoms with Crippen molar-refractivity contribution in [2.75, 3.05) is 5.32 Å². The summed E-state index contributed by atoms with van der Waals surface area (Å²) in [6, 6.07) is 10.8. The summed E-state index contributed by atoms with van der Waals surface area (Å²) in [7, 11) is 0. The molecule has 0 aliphatic heterocycles. The maximum Gasteiger partial charge on any atom is 0.270 e. The number of nitro benzene ring substituents is 1. The molecule has 25 heavy (non-hydrogen) atoms. The van der Waals surface area contributed by atoms with Gasteiger partial charge in [-0.25, -0.2) is 4.68 Å². The number of hydrogen-bond acceptors (Lipinski definition) is 4. The molecule has 0 fully saturated rings. The van der Waals surface area contributed by atoms with Gasteiger partial charge < -0.3 is 5.32 Å². The highest BCUT2D eigenvalue weighted by molar-refractivity contribution is 9.10. The van der Waals surface area contributed by atoms with Gasteiger partial charge in [0.2, 0.25) is 0 Å². The lowest BCUT2D eigenvalue weighted by atomic mass is 10.1. The van der Waals surface area contributed by atoms with Crippen LogP contribution in [0.4, 0.5) is 11.4 Å². The molecular weight excluding hydrogens is 412 g/mol. The van der Waals surface area contributed by atoms with E-state index in [1.54, 1.807) is 35.3 Å². The molecule has 7 nitrogen and oxygen atoms in total. The Kier molecular flexibility index (Phi) is 4.82. The summed E-state index contributed by atoms with van der Waals surface area (Å²) >= 11 is 9.38. The number of nitrogens with one attached hydrogen (secondary N) is 1. The first kappa shape index (κ1) is 17.1. The number of carbonyl (C=O) groups is 1. The number of anilines is 1. The van der Waals surface area contributed by atoms with E-state index < -0.39 is 10.8 Å². The first-order valence-electron chi connectivity index (χ1n) is 7.00. The standard InChI is InChI=1S/C16H10BrClN4O3/c17-10-2-5-15(21-7-1-6-19-21)14(8-10)20-16(23)12-4-3-11(22(24)25)9-13(12)18/h1-9H,(H,20,23). The lowest BCUT2D eigenvalue weighted by Gasteiger charge is -2.12. The maximum atomic E-state index is 12.5. The second kappa shape index (κ2) is 7.04. The van der Waals surface area contributed by atoms with Crippen molar-refractivity contribution in [1.82, 2.24) is 9.78 Å². The van der Waals surface area contributed by atoms with Gasteiger partial charge >= 0.3 is 0 Å². The summed E-state index contributed by atoms with van der Waals surface area (Å²) in [5.74, 6) is -0.480. The molecule has 0 saturated heterocycles. The van der Waals surface area contributed by atoms with Gasteiger partial charge in [0, 0.05) is 29.0 Å². The predicted molar refractivity (Wildman–Crippen MR) is 97.3 cm³/mol. The fraction of sp³-hybridized carbons (Fsp3) is 0. The lowest BCUT2D eigenvalue weighted by molar-refractivity contribution is -0.384. The molecule has 0 spiro atoms. The molecule has 1 amide bonds. The fourth-order valence-corrected chi connectivity index (χ4v) is 2.83. The van der Waals surface area contributed by atoms with Gasteiger partial charge in [0.1, 0.15) is 0 Å². The molecule has 0 aliphatic carbocycles. The lowest BCUT2D eigenvalue weighted by Crippen LogP contribution is -2.14. The monoisotopic (exact) mass is 420 g/mol. The zero-order chi connectivity index (χ0) is 18.0. The van der Waals surface area contributed by atoms with E-state index in [-0.39, 0.29) is 16.3 Å². The van der Waals surface area contributed by atoms with Crippen molar-refractivity contribution in [3.63, 3.8) is 0 Å². The second-order valence-corrected chi connectivity index (χ2v) is 6.31. The first-order chi connectivity index (χ1) is 12.0. The molecule has 0 radical (unpaired) electrons. The Bertz CT molecular complexity index is 960. The third-order valence-electron chi connectivity index (χ3n) is 3.37. The number of hydrogen-bond donors (Lipinski definition) is 1. The molecule has 1 aromatic heterocycles. The zero-order valence-electron chi connectivity index (χ0n) is 12.5. The van der Waals surface area contributed by atoms with Crippen LogP contribution in [0.2, 0.25) is 5.02 Å². The number of halogens is 2. The molecule has 2 aromatic carbocycles. The summed E-state index contributed by atoms with van der Waals surface area (Å²) in [6.45, 7) is 0. The fourth-order valence-electron chi connectivity index (χ4n) is 2.21. The van der Waals surface area contributed by atoms with Gasteiger partial charge in [0.15, 0.2) is 0 Å². The molecule has 0 aliphatic rings. The van der Waals surface area contributed by atoms with Crippen LogP contribution in [0.3, 0.4) is 0 Å². The van der Waals surface area contributed by atoms with E-state index >= 15 is 0 Å². The number of benzene rings is 2. The van der Waals surface area contributed by atoms with E-state index in [1.165, 1.54) is 12.1 Å². The highest BCUT2D eigenvalue weighted by Gasteiger charge is 2.17. The number of aromatic nitrogens is 2. The maximum absolute atomic E-state index is 12.5. The van der Waals surface area contributed by atoms with Crippen LogP contribution in [-0.2, 0) is 0 Å². The third kappa shape index (κ3) is 3.70. The van der Waals surface area contributed by atoms with Gasteiger partial charge in [-0.2, -0.15) is 5.10 Å². The minimum atomic E-state index is -0.572. The Labute approximate surface area is 155 Å². The number of non-ortho nitro benzene ring substituents is 1. The largest absolute Gasteiger partial charge is 0.320 e. The Hall–Kier alpha value is -2.71. The van der Waals surface area contributed by atoms with Crippen molar-refractivity contribution in [1.29, 1.82) is 0 Å². The van der Waals surface area contributed by atoms with Crippen LogP contribution >= 0.6 is 27.5 Å². The smallest absolute Gasteiger partial charge is 0.270 e. The van der Waals surface area contributed by atoms with Crippen LogP contribution in [0.5, 0.6) is 0 Å². The van der Waals surface area contributed by atoms with Crippen LogP contribution < -0.4 is 5.32 Å². The SMILES string of the molecule is O=C(Nc1cc(Br)ccc1-n1cccn1)c1ccc([N+](=O)[O-])cc1Cl. The van der Waals surface area contributed by atoms with Crippen LogP contribution in [0.1, 0.15) is 10.4 Å². The van der Waals surface area contributed by atoms with Gasteiger partial charge in [0.25, 0.3) is 11.6 Å². The number of carbonyl (C=O) groups excluding carboxylic acids is 1. The third-order valence-corrected chi connectivity index (χ3v) is 4.17. The molecule has 9 heteroatoms. The van der Waals surface area contributed by atoms with Gasteiger partial charge in [0.05, 0.1) is 26.9 Å². The van der Waals surface area contributed by atoms with Gasteiger partial charge in [-0.1, -0.05) is 27.5 Å². The highest BCUT2D eigenvalue weighted by Crippen LogP contribution is 2.27. The molecule has 0 saturated carbocycles. The van der Waals surface area contributed by atoms with Crippen molar-refractivity contribution in [2.24, 2.45) is 0 Å². The molecular formula is C16H10BrClN4O3. The van der Waals surface area contributed by atoms with Gasteiger partial charge in [-0.15, -0.1) is 0 Å². The molecule has 1 N–H and O–H groups in total. The molecule has 3 aromatic rings. The van der Waals surface area contributed by atoms with Crippen molar-refractivity contribution < 1.29 is 9.72 Å². The molecule has 126 valence electrons. The Morgan fingerprint density at radius 1 is 1.28 bits per heavy atom. The first-order valence-corrected chi connectivity index (χ1v) is 8.17. The number of nitrogens with zero attached hydrogens (tertiary/aromatic N) is 3. The van der Waals surface area contributed by atoms with Crippen LogP contribution in [-0.4, -0.2) is 20.6 Å². The predicted octanol–water partition coefficient (Wildman–Crippen LogP) is 4.45. The molecule has 0 bridgehead atoms. The molecule has 3 rings (SSSR count). The van der Waals surface area contributed by atoms with Crippen molar-refractivity contribution >= 4 is 44.8 Å². The summed E-state index contributed by atoms with van der Waals surface area (Å²) in [6.07, 6.45) is 3.37. The highest BCUT2D eigenvalue weighted by atomic mass is 79.9. The van der Waals surface area contributed by atoms with E-state index in [2.05, 4.69) is 26.3 Å². The van der Waals surface area contributed by atoms with E-state index in [0.29, 0.717) is 11.4 Å². The Balaban J connectivity index is 1.94. The van der Waals surface area contributed by atoms with Crippen LogP contribution in [0, 0.1) is 10.1 Å². The number of rotatable bonds is 4. The summed E-state index contributed by atoms with van der Waals surface area (Å²) in [5.41, 5.74) is 1.14. The summed E-state index contributed by atoms with van der Waals surface area (Å²) in [5, 5.41) is 17.7. The van der Waals surface area contributed by atoms with Crippen molar-refractivity contribution in [3.8, 4) is 5.69 Å². The number of nitro groups is 1. The van der Waals surface area contributed by atoms with E-state index in [1.807, 2.05) is 6.07 Å². The van der Waals surface area contributed by atoms with Gasteiger partial charge in [-0.05, 0) is 30.3 Å². The normalized spacial score (nSPS) is 10.5. The van der Waals surface area contributed by atoms with Crippen molar-refractivity contribution in [3.05, 3.63) is 80.0 Å².